The number of benzene rings is 1. The lowest BCUT2D eigenvalue weighted by Gasteiger charge is -2.06. The van der Waals surface area contributed by atoms with Crippen LogP contribution in [0.2, 0.25) is 0 Å². The Kier molecular flexibility index (Phi) is 3.52. The van der Waals surface area contributed by atoms with Gasteiger partial charge in [0, 0.05) is 17.6 Å². The summed E-state index contributed by atoms with van der Waals surface area (Å²) in [6, 6.07) is 10.7. The molecule has 1 aromatic carbocycles. The number of hydrogen-bond acceptors (Lipinski definition) is 2. The summed E-state index contributed by atoms with van der Waals surface area (Å²) in [5, 5.41) is 4.45. The van der Waals surface area contributed by atoms with Gasteiger partial charge in [-0.25, -0.2) is 0 Å². The van der Waals surface area contributed by atoms with E-state index in [0.29, 0.717) is 0 Å². The Morgan fingerprint density at radius 1 is 1.19 bits per heavy atom. The SMILES string of the molecule is CCCc1ccc2c(CNC)cccc2n1. The van der Waals surface area contributed by atoms with Crippen LogP contribution in [-0.2, 0) is 13.0 Å². The molecular weight excluding hydrogens is 196 g/mol. The Morgan fingerprint density at radius 3 is 2.81 bits per heavy atom. The largest absolute Gasteiger partial charge is 0.316 e. The molecule has 1 aromatic heterocycles. The molecule has 0 saturated heterocycles. The lowest BCUT2D eigenvalue weighted by molar-refractivity contribution is 0.823. The lowest BCUT2D eigenvalue weighted by Crippen LogP contribution is -2.05. The molecule has 0 saturated carbocycles. The standard InChI is InChI=1S/C14H18N2/c1-3-5-12-8-9-13-11(10-15-2)6-4-7-14(13)16-12/h4,6-9,15H,3,5,10H2,1-2H3. The summed E-state index contributed by atoms with van der Waals surface area (Å²) < 4.78 is 0. The highest BCUT2D eigenvalue weighted by Gasteiger charge is 2.02. The van der Waals surface area contributed by atoms with E-state index in [2.05, 4.69) is 47.6 Å². The van der Waals surface area contributed by atoms with Gasteiger partial charge in [-0.05, 0) is 31.2 Å². The summed E-state index contributed by atoms with van der Waals surface area (Å²) in [4.78, 5) is 4.68. The van der Waals surface area contributed by atoms with E-state index >= 15 is 0 Å². The highest BCUT2D eigenvalue weighted by Crippen LogP contribution is 2.18. The van der Waals surface area contributed by atoms with Crippen LogP contribution >= 0.6 is 0 Å². The van der Waals surface area contributed by atoms with Gasteiger partial charge in [-0.1, -0.05) is 31.5 Å². The number of aromatic nitrogens is 1. The zero-order valence-electron chi connectivity index (χ0n) is 9.96. The summed E-state index contributed by atoms with van der Waals surface area (Å²) in [7, 11) is 1.97. The molecule has 0 bridgehead atoms. The Balaban J connectivity index is 2.46. The molecule has 2 nitrogen and oxygen atoms in total. The number of fused-ring (bicyclic) bond motifs is 1. The number of pyridine rings is 1. The van der Waals surface area contributed by atoms with Crippen molar-refractivity contribution in [3.63, 3.8) is 0 Å². The van der Waals surface area contributed by atoms with Gasteiger partial charge in [-0.15, -0.1) is 0 Å². The summed E-state index contributed by atoms with van der Waals surface area (Å²) in [6.45, 7) is 3.08. The molecule has 0 radical (unpaired) electrons. The van der Waals surface area contributed by atoms with Crippen molar-refractivity contribution in [2.45, 2.75) is 26.3 Å². The third-order valence-electron chi connectivity index (χ3n) is 2.75. The van der Waals surface area contributed by atoms with E-state index in [1.807, 2.05) is 7.05 Å². The molecule has 1 heterocycles. The molecule has 84 valence electrons. The van der Waals surface area contributed by atoms with Gasteiger partial charge in [0.25, 0.3) is 0 Å². The van der Waals surface area contributed by atoms with Crippen molar-refractivity contribution in [1.82, 2.24) is 10.3 Å². The summed E-state index contributed by atoms with van der Waals surface area (Å²) in [5.41, 5.74) is 3.62. The predicted molar refractivity (Wildman–Crippen MR) is 68.5 cm³/mol. The molecule has 0 atom stereocenters. The van der Waals surface area contributed by atoms with Crippen LogP contribution in [0, 0.1) is 0 Å². The van der Waals surface area contributed by atoms with Gasteiger partial charge in [0.2, 0.25) is 0 Å². The molecule has 0 unspecified atom stereocenters. The van der Waals surface area contributed by atoms with Crippen molar-refractivity contribution in [3.8, 4) is 0 Å². The van der Waals surface area contributed by atoms with Crippen LogP contribution in [0.1, 0.15) is 24.6 Å². The average molecular weight is 214 g/mol. The maximum Gasteiger partial charge on any atom is 0.0708 e. The number of rotatable bonds is 4. The molecular formula is C14H18N2. The number of aryl methyl sites for hydroxylation is 1. The third kappa shape index (κ3) is 2.22. The number of nitrogens with zero attached hydrogens (tertiary/aromatic N) is 1. The van der Waals surface area contributed by atoms with Crippen LogP contribution in [0.4, 0.5) is 0 Å². The van der Waals surface area contributed by atoms with Gasteiger partial charge >= 0.3 is 0 Å². The fourth-order valence-electron chi connectivity index (χ4n) is 2.00. The Morgan fingerprint density at radius 2 is 2.06 bits per heavy atom. The van der Waals surface area contributed by atoms with E-state index in [0.717, 1.165) is 24.9 Å². The van der Waals surface area contributed by atoms with Crippen LogP contribution in [0.3, 0.4) is 0 Å². The van der Waals surface area contributed by atoms with E-state index in [-0.39, 0.29) is 0 Å². The monoisotopic (exact) mass is 214 g/mol. The van der Waals surface area contributed by atoms with Crippen molar-refractivity contribution in [1.29, 1.82) is 0 Å². The number of nitrogens with one attached hydrogen (secondary N) is 1. The van der Waals surface area contributed by atoms with Crippen molar-refractivity contribution in [2.24, 2.45) is 0 Å². The van der Waals surface area contributed by atoms with Crippen LogP contribution < -0.4 is 5.32 Å². The van der Waals surface area contributed by atoms with Gasteiger partial charge in [0.1, 0.15) is 0 Å². The topological polar surface area (TPSA) is 24.9 Å². The fraction of sp³-hybridized carbons (Fsp3) is 0.357. The second kappa shape index (κ2) is 5.08. The van der Waals surface area contributed by atoms with Crippen LogP contribution in [0.25, 0.3) is 10.9 Å². The van der Waals surface area contributed by atoms with E-state index in [4.69, 9.17) is 0 Å². The molecule has 16 heavy (non-hydrogen) atoms. The van der Waals surface area contributed by atoms with Gasteiger partial charge < -0.3 is 5.32 Å². The van der Waals surface area contributed by atoms with Crippen molar-refractivity contribution in [3.05, 3.63) is 41.6 Å². The second-order valence-electron chi connectivity index (χ2n) is 4.07. The maximum absolute atomic E-state index is 4.68. The molecule has 0 aliphatic carbocycles. The Hall–Kier alpha value is -1.41. The molecule has 2 heteroatoms. The van der Waals surface area contributed by atoms with Crippen molar-refractivity contribution in [2.75, 3.05) is 7.05 Å². The molecule has 0 fully saturated rings. The molecule has 0 aliphatic rings. The van der Waals surface area contributed by atoms with Gasteiger partial charge in [-0.3, -0.25) is 4.98 Å². The summed E-state index contributed by atoms with van der Waals surface area (Å²) in [6.07, 6.45) is 2.21. The van der Waals surface area contributed by atoms with E-state index in [1.54, 1.807) is 0 Å². The predicted octanol–water partition coefficient (Wildman–Crippen LogP) is 2.91. The van der Waals surface area contributed by atoms with Crippen LogP contribution in [0.15, 0.2) is 30.3 Å². The van der Waals surface area contributed by atoms with Gasteiger partial charge in [0.05, 0.1) is 5.52 Å². The molecule has 1 N–H and O–H groups in total. The number of hydrogen-bond donors (Lipinski definition) is 1. The Bertz CT molecular complexity index is 477. The first-order valence-corrected chi connectivity index (χ1v) is 5.87. The van der Waals surface area contributed by atoms with Gasteiger partial charge in [0.15, 0.2) is 0 Å². The average Bonchev–Trinajstić information content (AvgIpc) is 2.30. The highest BCUT2D eigenvalue weighted by atomic mass is 14.8. The minimum absolute atomic E-state index is 0.895. The third-order valence-corrected chi connectivity index (χ3v) is 2.75. The van der Waals surface area contributed by atoms with Gasteiger partial charge in [-0.2, -0.15) is 0 Å². The summed E-state index contributed by atoms with van der Waals surface area (Å²) in [5.74, 6) is 0. The lowest BCUT2D eigenvalue weighted by atomic mass is 10.1. The normalized spacial score (nSPS) is 10.9. The minimum Gasteiger partial charge on any atom is -0.316 e. The van der Waals surface area contributed by atoms with Crippen molar-refractivity contribution >= 4 is 10.9 Å². The molecule has 2 aromatic rings. The second-order valence-corrected chi connectivity index (χ2v) is 4.07. The van der Waals surface area contributed by atoms with Crippen molar-refractivity contribution < 1.29 is 0 Å². The first-order chi connectivity index (χ1) is 7.85. The highest BCUT2D eigenvalue weighted by molar-refractivity contribution is 5.82. The molecule has 2 rings (SSSR count). The smallest absolute Gasteiger partial charge is 0.0708 e. The van der Waals surface area contributed by atoms with Crippen LogP contribution in [-0.4, -0.2) is 12.0 Å². The molecule has 0 spiro atoms. The zero-order chi connectivity index (χ0) is 11.4. The van der Waals surface area contributed by atoms with E-state index in [9.17, 15) is 0 Å². The first-order valence-electron chi connectivity index (χ1n) is 5.87. The quantitative estimate of drug-likeness (QED) is 0.846. The molecule has 0 aliphatic heterocycles. The first kappa shape index (κ1) is 11.1. The minimum atomic E-state index is 0.895. The zero-order valence-corrected chi connectivity index (χ0v) is 9.96. The fourth-order valence-corrected chi connectivity index (χ4v) is 2.00. The van der Waals surface area contributed by atoms with E-state index < -0.39 is 0 Å². The van der Waals surface area contributed by atoms with Crippen LogP contribution in [0.5, 0.6) is 0 Å². The summed E-state index contributed by atoms with van der Waals surface area (Å²) >= 11 is 0. The molecule has 0 amide bonds. The maximum atomic E-state index is 4.68. The van der Waals surface area contributed by atoms with E-state index in [1.165, 1.54) is 16.6 Å². The Labute approximate surface area is 96.7 Å².